The van der Waals surface area contributed by atoms with Crippen molar-refractivity contribution in [3.63, 3.8) is 0 Å². The van der Waals surface area contributed by atoms with Gasteiger partial charge in [0, 0.05) is 44.2 Å². The molecule has 0 N–H and O–H groups in total. The van der Waals surface area contributed by atoms with Crippen molar-refractivity contribution < 1.29 is 9.15 Å². The molecule has 10 aromatic rings. The molecule has 1 aliphatic carbocycles. The van der Waals surface area contributed by atoms with Crippen LogP contribution in [0, 0.1) is 0 Å². The zero-order chi connectivity index (χ0) is 37.5. The minimum atomic E-state index is -0.520. The number of benzene rings is 8. The van der Waals surface area contributed by atoms with Crippen LogP contribution in [0.5, 0.6) is 11.5 Å². The minimum absolute atomic E-state index is 0.520. The smallest absolute Gasteiger partial charge is 0.164 e. The third kappa shape index (κ3) is 4.66. The second-order valence-corrected chi connectivity index (χ2v) is 14.7. The fourth-order valence-corrected chi connectivity index (χ4v) is 9.12. The van der Waals surface area contributed by atoms with Crippen molar-refractivity contribution in [2.45, 2.75) is 5.41 Å². The van der Waals surface area contributed by atoms with E-state index in [1.165, 1.54) is 22.3 Å². The van der Waals surface area contributed by atoms with Crippen molar-refractivity contribution in [3.05, 3.63) is 210 Å². The summed E-state index contributed by atoms with van der Waals surface area (Å²) in [6.07, 6.45) is 0. The lowest BCUT2D eigenvalue weighted by Crippen LogP contribution is -2.32. The molecule has 5 heteroatoms. The molecule has 1 aliphatic heterocycles. The van der Waals surface area contributed by atoms with E-state index in [9.17, 15) is 0 Å². The molecular weight excluding hydrogens is 699 g/mol. The predicted molar refractivity (Wildman–Crippen MR) is 226 cm³/mol. The number of hydrogen-bond donors (Lipinski definition) is 0. The van der Waals surface area contributed by atoms with Crippen LogP contribution in [0.4, 0.5) is 0 Å². The first kappa shape index (κ1) is 31.7. The highest BCUT2D eigenvalue weighted by Gasteiger charge is 2.51. The number of nitrogens with zero attached hydrogens (tertiary/aromatic N) is 3. The molecule has 2 aromatic heterocycles. The van der Waals surface area contributed by atoms with E-state index in [-0.39, 0.29) is 0 Å². The van der Waals surface area contributed by atoms with Crippen molar-refractivity contribution in [1.82, 2.24) is 15.0 Å². The Morgan fingerprint density at radius 3 is 1.63 bits per heavy atom. The first-order valence-corrected chi connectivity index (χ1v) is 19.2. The van der Waals surface area contributed by atoms with E-state index in [1.807, 2.05) is 54.6 Å². The number of fused-ring (bicyclic) bond motifs is 12. The van der Waals surface area contributed by atoms with E-state index in [0.29, 0.717) is 17.5 Å². The van der Waals surface area contributed by atoms with Crippen LogP contribution in [-0.2, 0) is 5.41 Å². The summed E-state index contributed by atoms with van der Waals surface area (Å²) in [6.45, 7) is 0. The molecule has 1 spiro atoms. The summed E-state index contributed by atoms with van der Waals surface area (Å²) >= 11 is 0. The number of para-hydroxylation sites is 3. The molecule has 12 rings (SSSR count). The Morgan fingerprint density at radius 1 is 0.351 bits per heavy atom. The lowest BCUT2D eigenvalue weighted by Gasteiger charge is -2.40. The van der Waals surface area contributed by atoms with Crippen LogP contribution in [-0.4, -0.2) is 15.0 Å². The van der Waals surface area contributed by atoms with Crippen molar-refractivity contribution in [1.29, 1.82) is 0 Å². The van der Waals surface area contributed by atoms with Crippen LogP contribution in [0.2, 0.25) is 0 Å². The van der Waals surface area contributed by atoms with Gasteiger partial charge in [-0.2, -0.15) is 0 Å². The average molecular weight is 730 g/mol. The van der Waals surface area contributed by atoms with Gasteiger partial charge in [0.25, 0.3) is 0 Å². The molecule has 3 heterocycles. The lowest BCUT2D eigenvalue weighted by atomic mass is 9.65. The molecule has 0 saturated heterocycles. The van der Waals surface area contributed by atoms with Crippen LogP contribution >= 0.6 is 0 Å². The third-order valence-electron chi connectivity index (χ3n) is 11.6. The minimum Gasteiger partial charge on any atom is -0.456 e. The Balaban J connectivity index is 0.992. The standard InChI is InChI=1S/C52H31N3O2/c1-2-13-33(14-3-1)49-53-50(55-51(54-49)35-29-30-40-39-17-6-10-23-45(39)56-47(40)31-35)34-27-25-32(26-28-34)36-18-12-22-44-48(36)57-46-24-11-9-21-43(46)52(44)41-19-7-4-15-37(41)38-16-5-8-20-42(38)52/h1-31H. The first-order chi connectivity index (χ1) is 28.2. The molecule has 0 bridgehead atoms. The van der Waals surface area contributed by atoms with Gasteiger partial charge in [-0.1, -0.05) is 164 Å². The van der Waals surface area contributed by atoms with Gasteiger partial charge in [0.15, 0.2) is 17.5 Å². The quantitative estimate of drug-likeness (QED) is 0.180. The summed E-state index contributed by atoms with van der Waals surface area (Å²) in [4.78, 5) is 15.1. The monoisotopic (exact) mass is 729 g/mol. The maximum absolute atomic E-state index is 6.93. The van der Waals surface area contributed by atoms with Gasteiger partial charge < -0.3 is 9.15 Å². The van der Waals surface area contributed by atoms with Gasteiger partial charge in [0.2, 0.25) is 0 Å². The Bertz CT molecular complexity index is 3180. The SMILES string of the molecule is c1ccc(-c2nc(-c3ccc(-c4cccc5c4Oc4ccccc4C54c5ccccc5-c5ccccc54)cc3)nc(-c3ccc4c(c3)oc3ccccc34)n2)cc1. The molecule has 0 radical (unpaired) electrons. The van der Waals surface area contributed by atoms with Crippen molar-refractivity contribution >= 4 is 21.9 Å². The van der Waals surface area contributed by atoms with E-state index < -0.39 is 5.41 Å². The zero-order valence-electron chi connectivity index (χ0n) is 30.6. The highest BCUT2D eigenvalue weighted by Crippen LogP contribution is 2.63. The Labute approximate surface area is 328 Å². The normalized spacial score (nSPS) is 13.2. The molecular formula is C52H31N3O2. The Morgan fingerprint density at radius 2 is 0.877 bits per heavy atom. The molecule has 2 aliphatic rings. The van der Waals surface area contributed by atoms with Crippen LogP contribution in [0.3, 0.4) is 0 Å². The van der Waals surface area contributed by atoms with E-state index >= 15 is 0 Å². The largest absolute Gasteiger partial charge is 0.456 e. The number of aromatic nitrogens is 3. The van der Waals surface area contributed by atoms with Gasteiger partial charge in [-0.25, -0.2) is 15.0 Å². The summed E-state index contributed by atoms with van der Waals surface area (Å²) in [5.74, 6) is 3.51. The number of hydrogen-bond acceptors (Lipinski definition) is 5. The summed E-state index contributed by atoms with van der Waals surface area (Å²) in [5.41, 5.74) is 13.2. The Kier molecular flexibility index (Phi) is 6.78. The van der Waals surface area contributed by atoms with Crippen molar-refractivity contribution in [2.75, 3.05) is 0 Å². The molecule has 266 valence electrons. The average Bonchev–Trinajstić information content (AvgIpc) is 3.80. The molecule has 0 amide bonds. The highest BCUT2D eigenvalue weighted by atomic mass is 16.5. The predicted octanol–water partition coefficient (Wildman–Crippen LogP) is 12.9. The summed E-state index contributed by atoms with van der Waals surface area (Å²) in [5, 5.41) is 2.15. The van der Waals surface area contributed by atoms with Crippen LogP contribution in [0.15, 0.2) is 192 Å². The number of rotatable bonds is 4. The van der Waals surface area contributed by atoms with Crippen LogP contribution in [0.1, 0.15) is 22.3 Å². The number of ether oxygens (including phenoxy) is 1. The zero-order valence-corrected chi connectivity index (χ0v) is 30.6. The fourth-order valence-electron chi connectivity index (χ4n) is 9.12. The van der Waals surface area contributed by atoms with E-state index in [0.717, 1.165) is 72.4 Å². The molecule has 0 unspecified atom stereocenters. The topological polar surface area (TPSA) is 61.0 Å². The van der Waals surface area contributed by atoms with Crippen molar-refractivity contribution in [2.24, 2.45) is 0 Å². The van der Waals surface area contributed by atoms with Crippen molar-refractivity contribution in [3.8, 4) is 67.9 Å². The summed E-state index contributed by atoms with van der Waals surface area (Å²) < 4.78 is 13.2. The molecule has 0 saturated carbocycles. The maximum atomic E-state index is 6.93. The maximum Gasteiger partial charge on any atom is 0.164 e. The van der Waals surface area contributed by atoms with Gasteiger partial charge in [0.1, 0.15) is 22.7 Å². The van der Waals surface area contributed by atoms with Gasteiger partial charge >= 0.3 is 0 Å². The van der Waals surface area contributed by atoms with Crippen LogP contribution in [0.25, 0.3) is 78.4 Å². The van der Waals surface area contributed by atoms with Crippen LogP contribution < -0.4 is 4.74 Å². The fraction of sp³-hybridized carbons (Fsp3) is 0.0192. The van der Waals surface area contributed by atoms with E-state index in [1.54, 1.807) is 0 Å². The van der Waals surface area contributed by atoms with E-state index in [4.69, 9.17) is 24.1 Å². The number of furan rings is 1. The van der Waals surface area contributed by atoms with Gasteiger partial charge in [-0.05, 0) is 52.1 Å². The van der Waals surface area contributed by atoms with E-state index in [2.05, 4.69) is 133 Å². The van der Waals surface area contributed by atoms with Gasteiger partial charge in [-0.15, -0.1) is 0 Å². The molecule has 5 nitrogen and oxygen atoms in total. The molecule has 0 atom stereocenters. The lowest BCUT2D eigenvalue weighted by molar-refractivity contribution is 0.438. The molecule has 8 aromatic carbocycles. The second kappa shape index (κ2) is 12.2. The van der Waals surface area contributed by atoms with Gasteiger partial charge in [-0.3, -0.25) is 0 Å². The summed E-state index contributed by atoms with van der Waals surface area (Å²) in [6, 6.07) is 65.5. The highest BCUT2D eigenvalue weighted by molar-refractivity contribution is 6.05. The summed E-state index contributed by atoms with van der Waals surface area (Å²) in [7, 11) is 0. The first-order valence-electron chi connectivity index (χ1n) is 19.2. The molecule has 57 heavy (non-hydrogen) atoms. The Hall–Kier alpha value is -7.63. The molecule has 0 fully saturated rings. The second-order valence-electron chi connectivity index (χ2n) is 14.7. The third-order valence-corrected chi connectivity index (χ3v) is 11.6. The van der Waals surface area contributed by atoms with Gasteiger partial charge in [0.05, 0.1) is 5.41 Å².